The molecule has 0 aromatic heterocycles. The molecule has 3 aliphatic carbocycles. The maximum Gasteiger partial charge on any atom is 0.312 e. The summed E-state index contributed by atoms with van der Waals surface area (Å²) in [7, 11) is 1.37. The van der Waals surface area contributed by atoms with Gasteiger partial charge in [0.2, 0.25) is 0 Å². The molecule has 0 N–H and O–H groups in total. The molecule has 0 aliphatic heterocycles. The number of rotatable bonds is 3. The van der Waals surface area contributed by atoms with Crippen LogP contribution < -0.4 is 0 Å². The van der Waals surface area contributed by atoms with Crippen molar-refractivity contribution < 1.29 is 23.1 Å². The number of ketones is 1. The van der Waals surface area contributed by atoms with Crippen LogP contribution in [0, 0.1) is 27.9 Å². The van der Waals surface area contributed by atoms with E-state index in [1.807, 2.05) is 0 Å². The number of methoxy groups -OCH3 is 1. The fourth-order valence-corrected chi connectivity index (χ4v) is 5.24. The molecule has 3 atom stereocenters. The fourth-order valence-electron chi connectivity index (χ4n) is 5.24. The number of Topliss-reactive ketones (excluding diaryl/α,β-unsaturated/α-hetero) is 1. The third kappa shape index (κ3) is 1.31. The van der Waals surface area contributed by atoms with Crippen molar-refractivity contribution in [2.75, 3.05) is 7.11 Å². The van der Waals surface area contributed by atoms with Gasteiger partial charge < -0.3 is 4.74 Å². The van der Waals surface area contributed by atoms with Gasteiger partial charge in [-0.1, -0.05) is 0 Å². The number of carbonyl (C=O) groups excluding carboxylic acids is 2. The smallest absolute Gasteiger partial charge is 0.312 e. The van der Waals surface area contributed by atoms with Crippen molar-refractivity contribution in [1.82, 2.24) is 0 Å². The molecular formula is C17H16F2O3. The van der Waals surface area contributed by atoms with E-state index in [4.69, 9.17) is 4.74 Å². The van der Waals surface area contributed by atoms with Crippen molar-refractivity contribution >= 4 is 11.8 Å². The summed E-state index contributed by atoms with van der Waals surface area (Å²) in [6.45, 7) is 0. The van der Waals surface area contributed by atoms with Crippen LogP contribution in [0.4, 0.5) is 8.78 Å². The zero-order valence-corrected chi connectivity index (χ0v) is 12.2. The summed E-state index contributed by atoms with van der Waals surface area (Å²) in [5.41, 5.74) is -1.44. The van der Waals surface area contributed by atoms with Crippen molar-refractivity contribution in [1.29, 1.82) is 0 Å². The van der Waals surface area contributed by atoms with Gasteiger partial charge in [0, 0.05) is 22.5 Å². The summed E-state index contributed by atoms with van der Waals surface area (Å²) in [5.74, 6) is -1.96. The standard InChI is InChI=1S/C17H16F2O3/c1-22-14(21)16-3-2-15(4-5-17(15,16)9-16)13(20)10-6-11(18)8-12(19)7-10/h6-8H,2-5,9H2,1H3. The SMILES string of the molecule is COC(=O)C12CCC3(C(=O)c4cc(F)cc(F)c4)CCC13C2. The Balaban J connectivity index is 1.72. The average molecular weight is 306 g/mol. The maximum absolute atomic E-state index is 13.4. The molecule has 0 amide bonds. The zero-order valence-electron chi connectivity index (χ0n) is 12.2. The van der Waals surface area contributed by atoms with Gasteiger partial charge in [-0.05, 0) is 44.2 Å². The van der Waals surface area contributed by atoms with Gasteiger partial charge in [0.25, 0.3) is 0 Å². The molecule has 22 heavy (non-hydrogen) atoms. The first-order valence-corrected chi connectivity index (χ1v) is 7.50. The number of hydrogen-bond donors (Lipinski definition) is 0. The Hall–Kier alpha value is -1.78. The predicted octanol–water partition coefficient (Wildman–Crippen LogP) is 3.27. The van der Waals surface area contributed by atoms with Crippen LogP contribution >= 0.6 is 0 Å². The van der Waals surface area contributed by atoms with Gasteiger partial charge in [-0.3, -0.25) is 9.59 Å². The minimum absolute atomic E-state index is 0.0733. The highest BCUT2D eigenvalue weighted by molar-refractivity contribution is 6.04. The molecule has 3 nitrogen and oxygen atoms in total. The highest BCUT2D eigenvalue weighted by Gasteiger charge is 2.88. The van der Waals surface area contributed by atoms with Crippen LogP contribution in [0.25, 0.3) is 0 Å². The first kappa shape index (κ1) is 13.9. The lowest BCUT2D eigenvalue weighted by atomic mass is 9.54. The minimum atomic E-state index is -0.749. The van der Waals surface area contributed by atoms with Gasteiger partial charge in [-0.15, -0.1) is 0 Å². The lowest BCUT2D eigenvalue weighted by molar-refractivity contribution is -0.149. The molecule has 1 aromatic carbocycles. The van der Waals surface area contributed by atoms with Gasteiger partial charge in [-0.25, -0.2) is 8.78 Å². The third-order valence-corrected chi connectivity index (χ3v) is 6.40. The van der Waals surface area contributed by atoms with E-state index in [2.05, 4.69) is 0 Å². The van der Waals surface area contributed by atoms with Crippen molar-refractivity contribution in [3.8, 4) is 0 Å². The Labute approximate surface area is 126 Å². The van der Waals surface area contributed by atoms with E-state index < -0.39 is 22.5 Å². The van der Waals surface area contributed by atoms with E-state index in [-0.39, 0.29) is 22.7 Å². The minimum Gasteiger partial charge on any atom is -0.469 e. The van der Waals surface area contributed by atoms with Gasteiger partial charge in [-0.2, -0.15) is 0 Å². The molecule has 3 aliphatic rings. The van der Waals surface area contributed by atoms with Gasteiger partial charge in [0.15, 0.2) is 5.78 Å². The van der Waals surface area contributed by atoms with Crippen LogP contribution in [-0.2, 0) is 9.53 Å². The lowest BCUT2D eigenvalue weighted by Crippen LogP contribution is -2.48. The number of carbonyl (C=O) groups is 2. The maximum atomic E-state index is 13.4. The summed E-state index contributed by atoms with van der Waals surface area (Å²) in [6.07, 6.45) is 3.38. The molecule has 0 saturated heterocycles. The summed E-state index contributed by atoms with van der Waals surface area (Å²) in [6, 6.07) is 2.94. The molecule has 1 spiro atoms. The Bertz CT molecular complexity index is 692. The number of hydrogen-bond acceptors (Lipinski definition) is 3. The van der Waals surface area contributed by atoms with Crippen LogP contribution in [0.15, 0.2) is 18.2 Å². The van der Waals surface area contributed by atoms with Gasteiger partial charge in [0.1, 0.15) is 11.6 Å². The van der Waals surface area contributed by atoms with Gasteiger partial charge in [0.05, 0.1) is 12.5 Å². The van der Waals surface area contributed by atoms with E-state index in [1.165, 1.54) is 7.11 Å². The van der Waals surface area contributed by atoms with Crippen LogP contribution in [-0.4, -0.2) is 18.9 Å². The van der Waals surface area contributed by atoms with E-state index >= 15 is 0 Å². The normalized spacial score (nSPS) is 37.8. The summed E-state index contributed by atoms with van der Waals surface area (Å²) in [4.78, 5) is 25.1. The Morgan fingerprint density at radius 3 is 2.14 bits per heavy atom. The molecule has 3 unspecified atom stereocenters. The molecular weight excluding hydrogens is 290 g/mol. The molecule has 116 valence electrons. The monoisotopic (exact) mass is 306 g/mol. The molecule has 0 bridgehead atoms. The Morgan fingerprint density at radius 2 is 1.59 bits per heavy atom. The third-order valence-electron chi connectivity index (χ3n) is 6.40. The highest BCUT2D eigenvalue weighted by atomic mass is 19.1. The van der Waals surface area contributed by atoms with Crippen molar-refractivity contribution in [2.24, 2.45) is 16.2 Å². The average Bonchev–Trinajstić information content (AvgIpc) is 3.13. The van der Waals surface area contributed by atoms with E-state index in [0.717, 1.165) is 24.6 Å². The molecule has 5 heteroatoms. The van der Waals surface area contributed by atoms with Crippen molar-refractivity contribution in [2.45, 2.75) is 32.1 Å². The van der Waals surface area contributed by atoms with E-state index in [1.54, 1.807) is 0 Å². The summed E-state index contributed by atoms with van der Waals surface area (Å²) >= 11 is 0. The number of halogens is 2. The molecule has 1 aromatic rings. The van der Waals surface area contributed by atoms with E-state index in [0.29, 0.717) is 25.7 Å². The van der Waals surface area contributed by atoms with Gasteiger partial charge >= 0.3 is 5.97 Å². The largest absolute Gasteiger partial charge is 0.469 e. The predicted molar refractivity (Wildman–Crippen MR) is 73.1 cm³/mol. The van der Waals surface area contributed by atoms with Crippen molar-refractivity contribution in [3.63, 3.8) is 0 Å². The molecule has 0 radical (unpaired) electrons. The topological polar surface area (TPSA) is 43.4 Å². The summed E-state index contributed by atoms with van der Waals surface area (Å²) < 4.78 is 31.8. The Morgan fingerprint density at radius 1 is 1.00 bits per heavy atom. The molecule has 4 rings (SSSR count). The quantitative estimate of drug-likeness (QED) is 0.636. The van der Waals surface area contributed by atoms with Crippen LogP contribution in [0.3, 0.4) is 0 Å². The Kier molecular flexibility index (Phi) is 2.48. The highest BCUT2D eigenvalue weighted by Crippen LogP contribution is 2.89. The summed E-state index contributed by atoms with van der Waals surface area (Å²) in [5, 5.41) is 0. The number of benzene rings is 1. The molecule has 3 saturated carbocycles. The first-order chi connectivity index (χ1) is 10.4. The second kappa shape index (κ2) is 3.94. The van der Waals surface area contributed by atoms with Crippen LogP contribution in [0.5, 0.6) is 0 Å². The van der Waals surface area contributed by atoms with E-state index in [9.17, 15) is 18.4 Å². The number of esters is 1. The van der Waals surface area contributed by atoms with Crippen molar-refractivity contribution in [3.05, 3.63) is 35.4 Å². The second-order valence-corrected chi connectivity index (χ2v) is 6.90. The lowest BCUT2D eigenvalue weighted by Gasteiger charge is -2.47. The molecule has 3 fully saturated rings. The molecule has 0 heterocycles. The first-order valence-electron chi connectivity index (χ1n) is 7.50. The number of ether oxygens (including phenoxy) is 1. The zero-order chi connectivity index (χ0) is 15.8. The van der Waals surface area contributed by atoms with Crippen LogP contribution in [0.1, 0.15) is 42.5 Å². The second-order valence-electron chi connectivity index (χ2n) is 6.90. The fraction of sp³-hybridized carbons (Fsp3) is 0.529. The van der Waals surface area contributed by atoms with Crippen LogP contribution in [0.2, 0.25) is 0 Å².